The Hall–Kier alpha value is -1.84. The minimum absolute atomic E-state index is 0.162. The maximum absolute atomic E-state index is 12.4. The van der Waals surface area contributed by atoms with Crippen LogP contribution >= 0.6 is 0 Å². The average Bonchev–Trinajstić information content (AvgIpc) is 2.55. The molecule has 2 rings (SSSR count). The molecule has 120 valence electrons. The maximum atomic E-state index is 12.4. The lowest BCUT2D eigenvalue weighted by molar-refractivity contribution is -0.139. The van der Waals surface area contributed by atoms with E-state index in [1.54, 1.807) is 0 Å². The largest absolute Gasteiger partial charge is 0.339 e. The first-order valence-corrected chi connectivity index (χ1v) is 8.22. The number of unbranched alkanes of at least 4 members (excludes halogenated alkanes) is 1. The smallest absolute Gasteiger partial charge is 0.227 e. The van der Waals surface area contributed by atoms with Crippen LogP contribution in [0.25, 0.3) is 0 Å². The summed E-state index contributed by atoms with van der Waals surface area (Å²) in [6.45, 7) is 6.78. The fourth-order valence-electron chi connectivity index (χ4n) is 2.77. The molecule has 0 radical (unpaired) electrons. The Balaban J connectivity index is 1.82. The molecule has 22 heavy (non-hydrogen) atoms. The summed E-state index contributed by atoms with van der Waals surface area (Å²) in [7, 11) is 0. The van der Waals surface area contributed by atoms with Gasteiger partial charge in [0.05, 0.1) is 6.42 Å². The Kier molecular flexibility index (Phi) is 5.99. The van der Waals surface area contributed by atoms with Crippen LogP contribution in [0.5, 0.6) is 0 Å². The van der Waals surface area contributed by atoms with Crippen LogP contribution < -0.4 is 0 Å². The number of carbonyl (C=O) groups excluding carboxylic acids is 2. The van der Waals surface area contributed by atoms with Gasteiger partial charge in [-0.1, -0.05) is 37.6 Å². The topological polar surface area (TPSA) is 40.6 Å². The lowest BCUT2D eigenvalue weighted by atomic mass is 10.1. The number of hydrogen-bond acceptors (Lipinski definition) is 2. The first-order valence-electron chi connectivity index (χ1n) is 8.22. The molecule has 0 bridgehead atoms. The van der Waals surface area contributed by atoms with Crippen molar-refractivity contribution >= 4 is 11.8 Å². The van der Waals surface area contributed by atoms with Crippen LogP contribution in [-0.4, -0.2) is 47.8 Å². The normalized spacial score (nSPS) is 15.0. The predicted octanol–water partition coefficient (Wildman–Crippen LogP) is 2.40. The molecule has 1 aliphatic rings. The molecule has 2 amide bonds. The molecule has 1 aliphatic heterocycles. The summed E-state index contributed by atoms with van der Waals surface area (Å²) in [5, 5.41) is 0. The quantitative estimate of drug-likeness (QED) is 0.838. The van der Waals surface area contributed by atoms with Crippen molar-refractivity contribution in [3.05, 3.63) is 35.4 Å². The first kappa shape index (κ1) is 16.5. The molecule has 0 spiro atoms. The van der Waals surface area contributed by atoms with E-state index in [1.165, 1.54) is 0 Å². The Labute approximate surface area is 133 Å². The van der Waals surface area contributed by atoms with Crippen molar-refractivity contribution in [3.63, 3.8) is 0 Å². The van der Waals surface area contributed by atoms with Gasteiger partial charge in [-0.25, -0.2) is 0 Å². The number of hydrogen-bond donors (Lipinski definition) is 0. The molecule has 1 heterocycles. The van der Waals surface area contributed by atoms with E-state index in [9.17, 15) is 9.59 Å². The molecule has 1 saturated heterocycles. The molecule has 4 nitrogen and oxygen atoms in total. The van der Waals surface area contributed by atoms with Gasteiger partial charge in [0.1, 0.15) is 0 Å². The molecule has 0 unspecified atom stereocenters. The van der Waals surface area contributed by atoms with Crippen molar-refractivity contribution in [1.82, 2.24) is 9.80 Å². The van der Waals surface area contributed by atoms with Crippen LogP contribution in [-0.2, 0) is 16.0 Å². The van der Waals surface area contributed by atoms with Crippen LogP contribution in [0.4, 0.5) is 0 Å². The number of carbonyl (C=O) groups is 2. The van der Waals surface area contributed by atoms with Gasteiger partial charge in [0.2, 0.25) is 11.8 Å². The molecule has 1 aromatic rings. The van der Waals surface area contributed by atoms with Crippen molar-refractivity contribution in [1.29, 1.82) is 0 Å². The van der Waals surface area contributed by atoms with Gasteiger partial charge in [-0.05, 0) is 24.5 Å². The Morgan fingerprint density at radius 2 is 1.59 bits per heavy atom. The van der Waals surface area contributed by atoms with E-state index >= 15 is 0 Å². The van der Waals surface area contributed by atoms with Gasteiger partial charge in [0.25, 0.3) is 0 Å². The zero-order valence-electron chi connectivity index (χ0n) is 13.7. The van der Waals surface area contributed by atoms with E-state index in [4.69, 9.17) is 0 Å². The number of piperazine rings is 1. The summed E-state index contributed by atoms with van der Waals surface area (Å²) in [6, 6.07) is 8.01. The summed E-state index contributed by atoms with van der Waals surface area (Å²) in [6.07, 6.45) is 3.08. The highest BCUT2D eigenvalue weighted by atomic mass is 16.2. The van der Waals surface area contributed by atoms with Crippen molar-refractivity contribution in [2.24, 2.45) is 0 Å². The summed E-state index contributed by atoms with van der Waals surface area (Å²) >= 11 is 0. The predicted molar refractivity (Wildman–Crippen MR) is 87.6 cm³/mol. The van der Waals surface area contributed by atoms with Gasteiger partial charge in [0, 0.05) is 32.6 Å². The zero-order chi connectivity index (χ0) is 15.9. The summed E-state index contributed by atoms with van der Waals surface area (Å²) in [4.78, 5) is 28.2. The van der Waals surface area contributed by atoms with E-state index in [2.05, 4.69) is 6.92 Å². The van der Waals surface area contributed by atoms with Crippen molar-refractivity contribution < 1.29 is 9.59 Å². The Bertz CT molecular complexity index is 520. The molecule has 0 saturated carbocycles. The third-order valence-corrected chi connectivity index (χ3v) is 4.33. The molecule has 0 aromatic heterocycles. The van der Waals surface area contributed by atoms with Crippen molar-refractivity contribution in [2.75, 3.05) is 26.2 Å². The SMILES string of the molecule is CCCCC(=O)N1CCN(C(=O)Cc2ccccc2C)CC1. The van der Waals surface area contributed by atoms with Gasteiger partial charge >= 0.3 is 0 Å². The van der Waals surface area contributed by atoms with Crippen LogP contribution in [0.15, 0.2) is 24.3 Å². The molecule has 1 aromatic carbocycles. The zero-order valence-corrected chi connectivity index (χ0v) is 13.7. The number of aryl methyl sites for hydroxylation is 1. The van der Waals surface area contributed by atoms with Gasteiger partial charge in [-0.2, -0.15) is 0 Å². The average molecular weight is 302 g/mol. The molecule has 1 fully saturated rings. The highest BCUT2D eigenvalue weighted by Gasteiger charge is 2.23. The van der Waals surface area contributed by atoms with Crippen LogP contribution in [0.2, 0.25) is 0 Å². The molecule has 0 N–H and O–H groups in total. The van der Waals surface area contributed by atoms with Crippen LogP contribution in [0.3, 0.4) is 0 Å². The standard InChI is InChI=1S/C18H26N2O2/c1-3-4-9-17(21)19-10-12-20(13-11-19)18(22)14-16-8-6-5-7-15(16)2/h5-8H,3-4,9-14H2,1-2H3. The van der Waals surface area contributed by atoms with E-state index < -0.39 is 0 Å². The monoisotopic (exact) mass is 302 g/mol. The number of nitrogens with zero attached hydrogens (tertiary/aromatic N) is 2. The summed E-state index contributed by atoms with van der Waals surface area (Å²) < 4.78 is 0. The fraction of sp³-hybridized carbons (Fsp3) is 0.556. The Morgan fingerprint density at radius 3 is 2.18 bits per heavy atom. The summed E-state index contributed by atoms with van der Waals surface area (Å²) in [5.74, 6) is 0.391. The molecular weight excluding hydrogens is 276 g/mol. The third-order valence-electron chi connectivity index (χ3n) is 4.33. The molecule has 0 atom stereocenters. The van der Waals surface area contributed by atoms with Crippen molar-refractivity contribution in [2.45, 2.75) is 39.5 Å². The second kappa shape index (κ2) is 7.97. The number of amides is 2. The third kappa shape index (κ3) is 4.33. The van der Waals surface area contributed by atoms with E-state index in [0.717, 1.165) is 24.0 Å². The van der Waals surface area contributed by atoms with Gasteiger partial charge in [-0.15, -0.1) is 0 Å². The second-order valence-electron chi connectivity index (χ2n) is 5.97. The number of benzene rings is 1. The maximum Gasteiger partial charge on any atom is 0.227 e. The highest BCUT2D eigenvalue weighted by Crippen LogP contribution is 2.12. The lowest BCUT2D eigenvalue weighted by Crippen LogP contribution is -2.51. The van der Waals surface area contributed by atoms with E-state index in [1.807, 2.05) is 41.0 Å². The molecule has 4 heteroatoms. The van der Waals surface area contributed by atoms with E-state index in [0.29, 0.717) is 39.0 Å². The lowest BCUT2D eigenvalue weighted by Gasteiger charge is -2.35. The van der Waals surface area contributed by atoms with Crippen LogP contribution in [0, 0.1) is 6.92 Å². The van der Waals surface area contributed by atoms with Gasteiger partial charge in [-0.3, -0.25) is 9.59 Å². The van der Waals surface area contributed by atoms with Crippen LogP contribution in [0.1, 0.15) is 37.3 Å². The highest BCUT2D eigenvalue weighted by molar-refractivity contribution is 5.80. The minimum Gasteiger partial charge on any atom is -0.339 e. The van der Waals surface area contributed by atoms with Gasteiger partial charge < -0.3 is 9.80 Å². The van der Waals surface area contributed by atoms with Crippen molar-refractivity contribution in [3.8, 4) is 0 Å². The Morgan fingerprint density at radius 1 is 1.00 bits per heavy atom. The number of rotatable bonds is 5. The molecular formula is C18H26N2O2. The minimum atomic E-state index is 0.162. The summed E-state index contributed by atoms with van der Waals surface area (Å²) in [5.41, 5.74) is 2.25. The van der Waals surface area contributed by atoms with E-state index in [-0.39, 0.29) is 11.8 Å². The molecule has 0 aliphatic carbocycles. The second-order valence-corrected chi connectivity index (χ2v) is 5.97. The fourth-order valence-corrected chi connectivity index (χ4v) is 2.77. The first-order chi connectivity index (χ1) is 10.6. The van der Waals surface area contributed by atoms with Gasteiger partial charge in [0.15, 0.2) is 0 Å².